The van der Waals surface area contributed by atoms with E-state index in [4.69, 9.17) is 16.7 Å². The SMILES string of the molecule is O=C(Nc1ccn(Cc2c(F)cccc2Cl)n1)c1cn(-c2ccccc2)nc1C12CC3CC(CC(C3)C1)C2. The molecule has 0 radical (unpaired) electrons. The maximum atomic E-state index is 14.3. The molecule has 8 rings (SSSR count). The van der Waals surface area contributed by atoms with Gasteiger partial charge in [0.2, 0.25) is 0 Å². The van der Waals surface area contributed by atoms with Crippen molar-refractivity contribution in [3.63, 3.8) is 0 Å². The topological polar surface area (TPSA) is 64.7 Å². The monoisotopic (exact) mass is 529 g/mol. The number of amides is 1. The number of carbonyl (C=O) groups excluding carboxylic acids is 1. The molecular weight excluding hydrogens is 501 g/mol. The molecule has 0 saturated heterocycles. The quantitative estimate of drug-likeness (QED) is 0.305. The first-order valence-electron chi connectivity index (χ1n) is 13.4. The van der Waals surface area contributed by atoms with Crippen LogP contribution in [0.1, 0.15) is 60.1 Å². The minimum atomic E-state index is -0.382. The van der Waals surface area contributed by atoms with Gasteiger partial charge in [0, 0.05) is 34.5 Å². The van der Waals surface area contributed by atoms with Crippen LogP contribution in [0.4, 0.5) is 10.2 Å². The third-order valence-corrected chi connectivity index (χ3v) is 9.14. The summed E-state index contributed by atoms with van der Waals surface area (Å²) in [6.07, 6.45) is 10.9. The third kappa shape index (κ3) is 4.13. The molecule has 4 aliphatic carbocycles. The molecule has 2 aromatic heterocycles. The van der Waals surface area contributed by atoms with Crippen LogP contribution in [0.25, 0.3) is 5.69 Å². The molecule has 1 amide bonds. The van der Waals surface area contributed by atoms with Crippen molar-refractivity contribution < 1.29 is 9.18 Å². The highest BCUT2D eigenvalue weighted by atomic mass is 35.5. The number of para-hydroxylation sites is 1. The van der Waals surface area contributed by atoms with Crippen molar-refractivity contribution in [1.29, 1.82) is 0 Å². The fourth-order valence-electron chi connectivity index (χ4n) is 7.59. The highest BCUT2D eigenvalue weighted by molar-refractivity contribution is 6.31. The van der Waals surface area contributed by atoms with Crippen molar-refractivity contribution in [2.24, 2.45) is 17.8 Å². The van der Waals surface area contributed by atoms with Crippen LogP contribution in [0.5, 0.6) is 0 Å². The predicted octanol–water partition coefficient (Wildman–Crippen LogP) is 6.63. The van der Waals surface area contributed by atoms with Gasteiger partial charge in [0.05, 0.1) is 23.5 Å². The van der Waals surface area contributed by atoms with Crippen LogP contribution in [0.3, 0.4) is 0 Å². The van der Waals surface area contributed by atoms with Crippen molar-refractivity contribution in [2.75, 3.05) is 5.32 Å². The third-order valence-electron chi connectivity index (χ3n) is 8.78. The van der Waals surface area contributed by atoms with Crippen LogP contribution in [-0.4, -0.2) is 25.5 Å². The van der Waals surface area contributed by atoms with E-state index in [2.05, 4.69) is 10.4 Å². The average molecular weight is 530 g/mol. The Kier molecular flexibility index (Phi) is 5.65. The molecule has 194 valence electrons. The summed E-state index contributed by atoms with van der Waals surface area (Å²) >= 11 is 6.19. The Hall–Kier alpha value is -3.45. The number of aromatic nitrogens is 4. The first kappa shape index (κ1) is 23.7. The van der Waals surface area contributed by atoms with Gasteiger partial charge in [0.25, 0.3) is 5.91 Å². The Labute approximate surface area is 225 Å². The number of carbonyl (C=O) groups is 1. The highest BCUT2D eigenvalue weighted by Gasteiger charge is 2.54. The largest absolute Gasteiger partial charge is 0.305 e. The average Bonchev–Trinajstić information content (AvgIpc) is 3.54. The zero-order valence-corrected chi connectivity index (χ0v) is 21.7. The first-order chi connectivity index (χ1) is 18.5. The van der Waals surface area contributed by atoms with E-state index in [0.29, 0.717) is 22.0 Å². The molecule has 0 aliphatic heterocycles. The lowest BCUT2D eigenvalue weighted by Crippen LogP contribution is -2.49. The summed E-state index contributed by atoms with van der Waals surface area (Å²) in [5.41, 5.74) is 2.80. The number of hydrogen-bond donors (Lipinski definition) is 1. The second-order valence-corrected chi connectivity index (χ2v) is 11.8. The summed E-state index contributed by atoms with van der Waals surface area (Å²) in [5, 5.41) is 12.9. The van der Waals surface area contributed by atoms with Gasteiger partial charge in [-0.3, -0.25) is 9.48 Å². The van der Waals surface area contributed by atoms with Crippen LogP contribution in [-0.2, 0) is 12.0 Å². The molecule has 4 bridgehead atoms. The summed E-state index contributed by atoms with van der Waals surface area (Å²) in [6, 6.07) is 16.3. The summed E-state index contributed by atoms with van der Waals surface area (Å²) in [6.45, 7) is 0.172. The van der Waals surface area contributed by atoms with Crippen molar-refractivity contribution in [1.82, 2.24) is 19.6 Å². The molecule has 1 N–H and O–H groups in total. The molecule has 38 heavy (non-hydrogen) atoms. The van der Waals surface area contributed by atoms with Gasteiger partial charge in [-0.2, -0.15) is 10.2 Å². The van der Waals surface area contributed by atoms with Crippen molar-refractivity contribution in [3.8, 4) is 5.69 Å². The Morgan fingerprint density at radius 2 is 1.68 bits per heavy atom. The number of rotatable bonds is 6. The van der Waals surface area contributed by atoms with Crippen molar-refractivity contribution >= 4 is 23.3 Å². The van der Waals surface area contributed by atoms with E-state index in [1.807, 2.05) is 41.2 Å². The van der Waals surface area contributed by atoms with E-state index < -0.39 is 0 Å². The number of nitrogens with zero attached hydrogens (tertiary/aromatic N) is 4. The maximum Gasteiger partial charge on any atom is 0.260 e. The fraction of sp³-hybridized carbons (Fsp3) is 0.367. The van der Waals surface area contributed by atoms with Gasteiger partial charge in [-0.1, -0.05) is 35.9 Å². The van der Waals surface area contributed by atoms with Gasteiger partial charge in [-0.25, -0.2) is 9.07 Å². The van der Waals surface area contributed by atoms with Gasteiger partial charge >= 0.3 is 0 Å². The second-order valence-electron chi connectivity index (χ2n) is 11.4. The maximum absolute atomic E-state index is 14.3. The van der Waals surface area contributed by atoms with Crippen LogP contribution < -0.4 is 5.32 Å². The summed E-state index contributed by atoms with van der Waals surface area (Å²) in [5.74, 6) is 2.02. The molecule has 4 fully saturated rings. The smallest absolute Gasteiger partial charge is 0.260 e. The summed E-state index contributed by atoms with van der Waals surface area (Å²) < 4.78 is 17.7. The Balaban J connectivity index is 1.20. The number of hydrogen-bond acceptors (Lipinski definition) is 3. The molecule has 2 aromatic carbocycles. The van der Waals surface area contributed by atoms with Gasteiger partial charge in [-0.15, -0.1) is 0 Å². The normalized spacial score (nSPS) is 25.6. The van der Waals surface area contributed by atoms with E-state index in [9.17, 15) is 9.18 Å². The molecule has 4 aromatic rings. The predicted molar refractivity (Wildman–Crippen MR) is 144 cm³/mol. The van der Waals surface area contributed by atoms with Gasteiger partial charge in [0.1, 0.15) is 5.82 Å². The lowest BCUT2D eigenvalue weighted by Gasteiger charge is -2.56. The molecule has 4 saturated carbocycles. The van der Waals surface area contributed by atoms with Crippen LogP contribution in [0, 0.1) is 23.6 Å². The standard InChI is InChI=1S/C30H29ClFN5O/c31-25-7-4-8-26(32)23(25)17-36-10-9-27(34-36)33-29(38)24-18-37(22-5-2-1-3-6-22)35-28(24)30-14-19-11-20(15-30)13-21(12-19)16-30/h1-10,18-21H,11-17H2,(H,33,34,38). The summed E-state index contributed by atoms with van der Waals surface area (Å²) in [7, 11) is 0. The minimum Gasteiger partial charge on any atom is -0.305 e. The van der Waals surface area contributed by atoms with Crippen LogP contribution in [0.15, 0.2) is 67.0 Å². The number of anilines is 1. The molecule has 4 aliphatic rings. The molecule has 0 spiro atoms. The van der Waals surface area contributed by atoms with E-state index in [1.165, 1.54) is 25.3 Å². The van der Waals surface area contributed by atoms with E-state index >= 15 is 0 Å². The van der Waals surface area contributed by atoms with E-state index in [0.717, 1.165) is 48.4 Å². The summed E-state index contributed by atoms with van der Waals surface area (Å²) in [4.78, 5) is 13.8. The van der Waals surface area contributed by atoms with Crippen molar-refractivity contribution in [3.05, 3.63) is 94.7 Å². The molecule has 2 heterocycles. The Morgan fingerprint density at radius 1 is 0.974 bits per heavy atom. The van der Waals surface area contributed by atoms with Gasteiger partial charge in [0.15, 0.2) is 5.82 Å². The molecule has 0 unspecified atom stereocenters. The zero-order valence-electron chi connectivity index (χ0n) is 21.0. The van der Waals surface area contributed by atoms with Crippen LogP contribution >= 0.6 is 11.6 Å². The number of benzene rings is 2. The lowest BCUT2D eigenvalue weighted by atomic mass is 9.48. The fourth-order valence-corrected chi connectivity index (χ4v) is 7.81. The molecule has 8 heteroatoms. The highest BCUT2D eigenvalue weighted by Crippen LogP contribution is 2.60. The first-order valence-corrected chi connectivity index (χ1v) is 13.8. The van der Waals surface area contributed by atoms with Crippen LogP contribution in [0.2, 0.25) is 5.02 Å². The van der Waals surface area contributed by atoms with Gasteiger partial charge < -0.3 is 5.32 Å². The zero-order chi connectivity index (χ0) is 25.9. The molecule has 0 atom stereocenters. The minimum absolute atomic E-state index is 0.0393. The number of nitrogens with one attached hydrogen (secondary N) is 1. The van der Waals surface area contributed by atoms with E-state index in [1.54, 1.807) is 29.1 Å². The molecular formula is C30H29ClFN5O. The number of halogens is 2. The molecule has 6 nitrogen and oxygen atoms in total. The van der Waals surface area contributed by atoms with Gasteiger partial charge in [-0.05, 0) is 80.5 Å². The van der Waals surface area contributed by atoms with Crippen molar-refractivity contribution in [2.45, 2.75) is 50.5 Å². The Morgan fingerprint density at radius 3 is 2.37 bits per heavy atom. The Bertz CT molecular complexity index is 1450. The lowest BCUT2D eigenvalue weighted by molar-refractivity contribution is -0.00765. The second kappa shape index (κ2) is 9.09. The van der Waals surface area contributed by atoms with E-state index in [-0.39, 0.29) is 23.7 Å².